The van der Waals surface area contributed by atoms with E-state index in [1.807, 2.05) is 0 Å². The lowest BCUT2D eigenvalue weighted by Crippen LogP contribution is -2.63. The quantitative estimate of drug-likeness (QED) is 0.793. The van der Waals surface area contributed by atoms with Crippen molar-refractivity contribution in [2.24, 2.45) is 5.92 Å². The molecule has 1 spiro atoms. The Labute approximate surface area is 144 Å². The number of rotatable bonds is 1. The highest BCUT2D eigenvalue weighted by Gasteiger charge is 2.60. The molecule has 3 atom stereocenters. The van der Waals surface area contributed by atoms with Crippen molar-refractivity contribution in [2.45, 2.75) is 49.3 Å². The third kappa shape index (κ3) is 1.97. The molecule has 1 aromatic rings. The Morgan fingerprint density at radius 1 is 1.21 bits per heavy atom. The first-order valence-electron chi connectivity index (χ1n) is 9.31. The van der Waals surface area contributed by atoms with Gasteiger partial charge in [0.25, 0.3) is 0 Å². The van der Waals surface area contributed by atoms with Crippen molar-refractivity contribution in [1.82, 2.24) is 4.90 Å². The van der Waals surface area contributed by atoms with Gasteiger partial charge < -0.3 is 19.1 Å². The Morgan fingerprint density at radius 2 is 2.04 bits per heavy atom. The van der Waals surface area contributed by atoms with Gasteiger partial charge in [-0.3, -0.25) is 0 Å². The topological polar surface area (TPSA) is 30.9 Å². The standard InChI is InChI=1S/C20H27NO3/c1-21-8-7-19-13-20(23-9-10-24-20)6-5-16(19)18(21)11-14-3-4-15(22-2)12-17(14)19/h3-4,12,16,18H,5-11,13H2,1-2H3/t16-,18+,19-/m1/s1. The van der Waals surface area contributed by atoms with Crippen LogP contribution in [-0.4, -0.2) is 50.6 Å². The van der Waals surface area contributed by atoms with Crippen LogP contribution in [0.25, 0.3) is 0 Å². The van der Waals surface area contributed by atoms with E-state index in [1.54, 1.807) is 7.11 Å². The van der Waals surface area contributed by atoms with Crippen molar-refractivity contribution in [3.63, 3.8) is 0 Å². The van der Waals surface area contributed by atoms with E-state index in [4.69, 9.17) is 14.2 Å². The van der Waals surface area contributed by atoms with Crippen molar-refractivity contribution in [3.8, 4) is 5.75 Å². The fraction of sp³-hybridized carbons (Fsp3) is 0.700. The van der Waals surface area contributed by atoms with Crippen LogP contribution in [0.5, 0.6) is 5.75 Å². The van der Waals surface area contributed by atoms with Gasteiger partial charge in [-0.05, 0) is 62.0 Å². The van der Waals surface area contributed by atoms with Gasteiger partial charge in [0.2, 0.25) is 0 Å². The average Bonchev–Trinajstić information content (AvgIpc) is 3.05. The van der Waals surface area contributed by atoms with Crippen LogP contribution >= 0.6 is 0 Å². The number of piperidine rings is 1. The highest BCUT2D eigenvalue weighted by atomic mass is 16.7. The number of fused-ring (bicyclic) bond motifs is 1. The lowest BCUT2D eigenvalue weighted by molar-refractivity contribution is -0.212. The molecule has 4 aliphatic rings. The summed E-state index contributed by atoms with van der Waals surface area (Å²) in [6.07, 6.45) is 5.61. The van der Waals surface area contributed by atoms with Gasteiger partial charge >= 0.3 is 0 Å². The number of nitrogens with zero attached hydrogens (tertiary/aromatic N) is 1. The molecule has 5 rings (SSSR count). The first-order valence-corrected chi connectivity index (χ1v) is 9.31. The van der Waals surface area contributed by atoms with E-state index in [9.17, 15) is 0 Å². The molecule has 2 heterocycles. The van der Waals surface area contributed by atoms with Gasteiger partial charge in [0.05, 0.1) is 20.3 Å². The molecule has 3 fully saturated rings. The molecule has 0 radical (unpaired) electrons. The third-order valence-electron chi connectivity index (χ3n) is 7.17. The van der Waals surface area contributed by atoms with E-state index >= 15 is 0 Å². The minimum atomic E-state index is -0.339. The van der Waals surface area contributed by atoms with Gasteiger partial charge in [-0.2, -0.15) is 0 Å². The summed E-state index contributed by atoms with van der Waals surface area (Å²) in [6.45, 7) is 2.65. The zero-order valence-corrected chi connectivity index (χ0v) is 14.7. The summed E-state index contributed by atoms with van der Waals surface area (Å²) >= 11 is 0. The van der Waals surface area contributed by atoms with E-state index in [0.717, 1.165) is 44.8 Å². The number of likely N-dealkylation sites (tertiary alicyclic amines) is 1. The second kappa shape index (κ2) is 5.20. The normalized spacial score (nSPS) is 37.1. The summed E-state index contributed by atoms with van der Waals surface area (Å²) in [7, 11) is 4.07. The lowest BCUT2D eigenvalue weighted by Gasteiger charge is -2.60. The first-order chi connectivity index (χ1) is 11.7. The van der Waals surface area contributed by atoms with E-state index in [0.29, 0.717) is 12.0 Å². The number of hydrogen-bond acceptors (Lipinski definition) is 4. The van der Waals surface area contributed by atoms with Gasteiger partial charge in [-0.15, -0.1) is 0 Å². The van der Waals surface area contributed by atoms with E-state index in [2.05, 4.69) is 30.1 Å². The Morgan fingerprint density at radius 3 is 2.83 bits per heavy atom. The van der Waals surface area contributed by atoms with Crippen molar-refractivity contribution in [1.29, 1.82) is 0 Å². The summed E-state index contributed by atoms with van der Waals surface area (Å²) in [5.74, 6) is 1.34. The van der Waals surface area contributed by atoms with Gasteiger partial charge in [0.1, 0.15) is 5.75 Å². The van der Waals surface area contributed by atoms with Crippen molar-refractivity contribution in [2.75, 3.05) is 33.9 Å². The molecule has 2 bridgehead atoms. The number of likely N-dealkylation sites (N-methyl/N-ethyl adjacent to an activating group) is 1. The van der Waals surface area contributed by atoms with Crippen LogP contribution in [0.4, 0.5) is 0 Å². The maximum absolute atomic E-state index is 6.15. The van der Waals surface area contributed by atoms with Gasteiger partial charge in [-0.1, -0.05) is 6.07 Å². The molecular weight excluding hydrogens is 302 g/mol. The SMILES string of the molecule is COc1ccc2c(c1)[C@@]13CCN(C)[C@@H](C2)[C@H]1CCC1(C3)OCCO1. The highest BCUT2D eigenvalue weighted by Crippen LogP contribution is 2.59. The van der Waals surface area contributed by atoms with Crippen LogP contribution in [0.1, 0.15) is 36.8 Å². The minimum Gasteiger partial charge on any atom is -0.497 e. The molecule has 4 heteroatoms. The zero-order chi connectivity index (χ0) is 16.4. The predicted molar refractivity (Wildman–Crippen MR) is 91.4 cm³/mol. The fourth-order valence-electron chi connectivity index (χ4n) is 6.06. The second-order valence-corrected chi connectivity index (χ2v) is 8.11. The Balaban J connectivity index is 1.65. The molecule has 0 unspecified atom stereocenters. The molecule has 130 valence electrons. The molecule has 4 nitrogen and oxygen atoms in total. The van der Waals surface area contributed by atoms with Crippen LogP contribution in [0, 0.1) is 5.92 Å². The third-order valence-corrected chi connectivity index (χ3v) is 7.17. The molecule has 2 aliphatic heterocycles. The van der Waals surface area contributed by atoms with Crippen LogP contribution < -0.4 is 4.74 Å². The number of methoxy groups -OCH3 is 1. The van der Waals surface area contributed by atoms with E-state index in [1.165, 1.54) is 24.0 Å². The first kappa shape index (κ1) is 15.2. The van der Waals surface area contributed by atoms with Gasteiger partial charge in [-0.25, -0.2) is 0 Å². The molecule has 1 aromatic carbocycles. The summed E-state index contributed by atoms with van der Waals surface area (Å²) in [5.41, 5.74) is 3.19. The molecule has 2 aliphatic carbocycles. The molecule has 0 aromatic heterocycles. The van der Waals surface area contributed by atoms with Crippen molar-refractivity contribution < 1.29 is 14.2 Å². The summed E-state index contributed by atoms with van der Waals surface area (Å²) in [4.78, 5) is 2.59. The highest BCUT2D eigenvalue weighted by molar-refractivity contribution is 5.46. The Bertz CT molecular complexity index is 654. The minimum absolute atomic E-state index is 0.182. The fourth-order valence-corrected chi connectivity index (χ4v) is 6.06. The van der Waals surface area contributed by atoms with E-state index < -0.39 is 0 Å². The largest absolute Gasteiger partial charge is 0.497 e. The number of hydrogen-bond donors (Lipinski definition) is 0. The van der Waals surface area contributed by atoms with Crippen LogP contribution in [0.15, 0.2) is 18.2 Å². The Kier molecular flexibility index (Phi) is 3.29. The van der Waals surface area contributed by atoms with Crippen molar-refractivity contribution in [3.05, 3.63) is 29.3 Å². The van der Waals surface area contributed by atoms with Crippen LogP contribution in [0.3, 0.4) is 0 Å². The maximum atomic E-state index is 6.15. The molecule has 1 saturated carbocycles. The number of ether oxygens (including phenoxy) is 3. The molecule has 2 saturated heterocycles. The van der Waals surface area contributed by atoms with Crippen molar-refractivity contribution >= 4 is 0 Å². The maximum Gasteiger partial charge on any atom is 0.169 e. The van der Waals surface area contributed by atoms with Crippen LogP contribution in [0.2, 0.25) is 0 Å². The van der Waals surface area contributed by atoms with Crippen LogP contribution in [-0.2, 0) is 21.3 Å². The molecule has 0 amide bonds. The zero-order valence-electron chi connectivity index (χ0n) is 14.7. The molecular formula is C20H27NO3. The molecule has 24 heavy (non-hydrogen) atoms. The summed E-state index contributed by atoms with van der Waals surface area (Å²) in [6, 6.07) is 7.36. The molecule has 0 N–H and O–H groups in total. The average molecular weight is 329 g/mol. The van der Waals surface area contributed by atoms with E-state index in [-0.39, 0.29) is 11.2 Å². The smallest absolute Gasteiger partial charge is 0.169 e. The number of benzene rings is 1. The monoisotopic (exact) mass is 329 g/mol. The summed E-state index contributed by atoms with van der Waals surface area (Å²) in [5, 5.41) is 0. The van der Waals surface area contributed by atoms with Gasteiger partial charge in [0, 0.05) is 24.3 Å². The van der Waals surface area contributed by atoms with Gasteiger partial charge in [0.15, 0.2) is 5.79 Å². The Hall–Kier alpha value is -1.10. The second-order valence-electron chi connectivity index (χ2n) is 8.11. The predicted octanol–water partition coefficient (Wildman–Crippen LogP) is 2.74. The summed E-state index contributed by atoms with van der Waals surface area (Å²) < 4.78 is 17.9. The lowest BCUT2D eigenvalue weighted by atomic mass is 9.51.